The van der Waals surface area contributed by atoms with Crippen molar-refractivity contribution in [2.45, 2.75) is 38.8 Å². The summed E-state index contributed by atoms with van der Waals surface area (Å²) >= 11 is 0. The van der Waals surface area contributed by atoms with Crippen molar-refractivity contribution in [2.24, 2.45) is 0 Å². The summed E-state index contributed by atoms with van der Waals surface area (Å²) < 4.78 is 5.21. The number of ether oxygens (including phenoxy) is 1. The molecule has 6 nitrogen and oxygen atoms in total. The van der Waals surface area contributed by atoms with Crippen molar-refractivity contribution in [1.82, 2.24) is 15.3 Å². The highest BCUT2D eigenvalue weighted by molar-refractivity contribution is 5.88. The molecular weight excluding hydrogens is 270 g/mol. The van der Waals surface area contributed by atoms with E-state index in [1.165, 1.54) is 0 Å². The molecule has 0 saturated heterocycles. The molecule has 21 heavy (non-hydrogen) atoms. The Morgan fingerprint density at radius 2 is 2.10 bits per heavy atom. The lowest BCUT2D eigenvalue weighted by atomic mass is 9.94. The van der Waals surface area contributed by atoms with Crippen LogP contribution < -0.4 is 5.32 Å². The second kappa shape index (κ2) is 5.20. The summed E-state index contributed by atoms with van der Waals surface area (Å²) in [5, 5.41) is 3.40. The van der Waals surface area contributed by atoms with Crippen molar-refractivity contribution in [3.63, 3.8) is 0 Å². The number of nitrogens with one attached hydrogen (secondary N) is 2. The Morgan fingerprint density at radius 1 is 1.38 bits per heavy atom. The number of aldehydes is 1. The van der Waals surface area contributed by atoms with Gasteiger partial charge in [0.1, 0.15) is 23.1 Å². The number of H-pyrrole nitrogens is 1. The Morgan fingerprint density at radius 3 is 2.71 bits per heavy atom. The molecule has 2 rings (SSSR count). The van der Waals surface area contributed by atoms with Gasteiger partial charge in [0, 0.05) is 23.3 Å². The zero-order valence-corrected chi connectivity index (χ0v) is 12.6. The van der Waals surface area contributed by atoms with Crippen molar-refractivity contribution in [3.8, 4) is 0 Å². The summed E-state index contributed by atoms with van der Waals surface area (Å²) in [5.41, 5.74) is -0.516. The second-order valence-electron chi connectivity index (χ2n) is 6.05. The van der Waals surface area contributed by atoms with E-state index in [-0.39, 0.29) is 0 Å². The summed E-state index contributed by atoms with van der Waals surface area (Å²) in [4.78, 5) is 30.7. The van der Waals surface area contributed by atoms with Crippen LogP contribution in [0.5, 0.6) is 0 Å². The summed E-state index contributed by atoms with van der Waals surface area (Å²) in [6.07, 6.45) is 3.37. The number of hydrogen-bond acceptors (Lipinski definition) is 4. The number of alkyl carbamates (subject to hydrolysis) is 1. The van der Waals surface area contributed by atoms with Crippen LogP contribution in [0.1, 0.15) is 33.3 Å². The molecule has 2 aromatic rings. The molecular formula is C15H19N3O3. The molecule has 0 aliphatic carbocycles. The predicted octanol–water partition coefficient (Wildman–Crippen LogP) is 2.50. The fraction of sp³-hybridized carbons (Fsp3) is 0.400. The monoisotopic (exact) mass is 289 g/mol. The van der Waals surface area contributed by atoms with Gasteiger partial charge in [-0.15, -0.1) is 0 Å². The zero-order valence-electron chi connectivity index (χ0n) is 12.6. The first-order valence-corrected chi connectivity index (χ1v) is 6.65. The molecule has 1 amide bonds. The molecule has 0 aliphatic heterocycles. The Kier molecular flexibility index (Phi) is 3.72. The third-order valence-corrected chi connectivity index (χ3v) is 3.01. The van der Waals surface area contributed by atoms with E-state index < -0.39 is 17.2 Å². The van der Waals surface area contributed by atoms with Gasteiger partial charge in [0.05, 0.1) is 0 Å². The van der Waals surface area contributed by atoms with Gasteiger partial charge in [0.25, 0.3) is 0 Å². The smallest absolute Gasteiger partial charge is 0.408 e. The van der Waals surface area contributed by atoms with E-state index in [0.717, 1.165) is 5.39 Å². The number of nitrogens with zero attached hydrogens (tertiary/aromatic N) is 1. The third-order valence-electron chi connectivity index (χ3n) is 3.01. The van der Waals surface area contributed by atoms with Gasteiger partial charge in [-0.3, -0.25) is 0 Å². The molecule has 0 radical (unpaired) electrons. The summed E-state index contributed by atoms with van der Waals surface area (Å²) in [5.74, 6) is 0. The van der Waals surface area contributed by atoms with Crippen LogP contribution >= 0.6 is 0 Å². The van der Waals surface area contributed by atoms with Crippen molar-refractivity contribution >= 4 is 23.4 Å². The van der Waals surface area contributed by atoms with Crippen LogP contribution in [0.4, 0.5) is 4.79 Å². The fourth-order valence-corrected chi connectivity index (χ4v) is 2.06. The van der Waals surface area contributed by atoms with Gasteiger partial charge < -0.3 is 19.8 Å². The number of carbonyl (C=O) groups excluding carboxylic acids is 2. The molecule has 0 aliphatic rings. The lowest BCUT2D eigenvalue weighted by Gasteiger charge is -2.27. The number of amides is 1. The van der Waals surface area contributed by atoms with E-state index in [9.17, 15) is 9.59 Å². The van der Waals surface area contributed by atoms with Crippen molar-refractivity contribution < 1.29 is 14.3 Å². The SMILES string of the molecule is CC(C)(C)OC(=O)NC(C)(C=O)c1c[nH]c2ncccc12. The molecule has 0 bridgehead atoms. The minimum Gasteiger partial charge on any atom is -0.444 e. The minimum absolute atomic E-state index is 0.629. The van der Waals surface area contributed by atoms with Crippen LogP contribution in [-0.4, -0.2) is 27.9 Å². The first-order chi connectivity index (χ1) is 9.75. The standard InChI is InChI=1S/C15H19N3O3/c1-14(2,3)21-13(20)18-15(4,9-19)11-8-17-12-10(11)6-5-7-16-12/h5-9H,1-4H3,(H,16,17)(H,18,20). The van der Waals surface area contributed by atoms with E-state index in [0.29, 0.717) is 17.5 Å². The third kappa shape index (κ3) is 3.21. The molecule has 2 aromatic heterocycles. The average molecular weight is 289 g/mol. The molecule has 0 spiro atoms. The Bertz CT molecular complexity index is 672. The number of aromatic nitrogens is 2. The van der Waals surface area contributed by atoms with Gasteiger partial charge >= 0.3 is 6.09 Å². The number of pyridine rings is 1. The highest BCUT2D eigenvalue weighted by atomic mass is 16.6. The van der Waals surface area contributed by atoms with Crippen LogP contribution in [0.25, 0.3) is 11.0 Å². The first kappa shape index (κ1) is 15.0. The number of rotatable bonds is 3. The molecule has 0 saturated carbocycles. The van der Waals surface area contributed by atoms with Crippen LogP contribution in [0.15, 0.2) is 24.5 Å². The maximum Gasteiger partial charge on any atom is 0.408 e. The lowest BCUT2D eigenvalue weighted by molar-refractivity contribution is -0.113. The van der Waals surface area contributed by atoms with Gasteiger partial charge in [-0.1, -0.05) is 0 Å². The topological polar surface area (TPSA) is 84.1 Å². The van der Waals surface area contributed by atoms with Crippen molar-refractivity contribution in [2.75, 3.05) is 0 Å². The van der Waals surface area contributed by atoms with Gasteiger partial charge in [-0.05, 0) is 39.8 Å². The van der Waals surface area contributed by atoms with E-state index in [4.69, 9.17) is 4.74 Å². The van der Waals surface area contributed by atoms with Gasteiger partial charge in [-0.2, -0.15) is 0 Å². The molecule has 2 heterocycles. The lowest BCUT2D eigenvalue weighted by Crippen LogP contribution is -2.46. The van der Waals surface area contributed by atoms with Crippen LogP contribution in [0, 0.1) is 0 Å². The van der Waals surface area contributed by atoms with Crippen LogP contribution in [0.3, 0.4) is 0 Å². The minimum atomic E-state index is -1.19. The van der Waals surface area contributed by atoms with Gasteiger partial charge in [0.2, 0.25) is 0 Å². The van der Waals surface area contributed by atoms with E-state index >= 15 is 0 Å². The summed E-state index contributed by atoms with van der Waals surface area (Å²) in [6, 6.07) is 3.62. The predicted molar refractivity (Wildman–Crippen MR) is 78.9 cm³/mol. The number of fused-ring (bicyclic) bond motifs is 1. The van der Waals surface area contributed by atoms with E-state index in [1.54, 1.807) is 46.2 Å². The molecule has 112 valence electrons. The fourth-order valence-electron chi connectivity index (χ4n) is 2.06. The van der Waals surface area contributed by atoms with E-state index in [1.807, 2.05) is 6.07 Å². The number of hydrogen-bond donors (Lipinski definition) is 2. The first-order valence-electron chi connectivity index (χ1n) is 6.65. The van der Waals surface area contributed by atoms with Gasteiger partial charge in [0.15, 0.2) is 0 Å². The highest BCUT2D eigenvalue weighted by Gasteiger charge is 2.32. The normalized spacial score (nSPS) is 14.5. The summed E-state index contributed by atoms with van der Waals surface area (Å²) in [6.45, 7) is 6.92. The quantitative estimate of drug-likeness (QED) is 0.850. The molecule has 1 atom stereocenters. The average Bonchev–Trinajstić information content (AvgIpc) is 2.80. The van der Waals surface area contributed by atoms with Crippen molar-refractivity contribution in [3.05, 3.63) is 30.1 Å². The molecule has 1 unspecified atom stereocenters. The van der Waals surface area contributed by atoms with Crippen molar-refractivity contribution in [1.29, 1.82) is 0 Å². The molecule has 0 fully saturated rings. The van der Waals surface area contributed by atoms with Crippen LogP contribution in [-0.2, 0) is 15.1 Å². The molecule has 6 heteroatoms. The van der Waals surface area contributed by atoms with Crippen LogP contribution in [0.2, 0.25) is 0 Å². The Balaban J connectivity index is 2.33. The second-order valence-corrected chi connectivity index (χ2v) is 6.05. The van der Waals surface area contributed by atoms with Gasteiger partial charge in [-0.25, -0.2) is 9.78 Å². The molecule has 0 aromatic carbocycles. The largest absolute Gasteiger partial charge is 0.444 e. The Labute approximate surface area is 122 Å². The van der Waals surface area contributed by atoms with E-state index in [2.05, 4.69) is 15.3 Å². The zero-order chi connectivity index (χ0) is 15.7. The number of aromatic amines is 1. The summed E-state index contributed by atoms with van der Waals surface area (Å²) in [7, 11) is 0. The molecule has 2 N–H and O–H groups in total. The highest BCUT2D eigenvalue weighted by Crippen LogP contribution is 2.26. The maximum atomic E-state index is 11.9. The number of carbonyl (C=O) groups is 2. The Hall–Kier alpha value is -2.37. The maximum absolute atomic E-state index is 11.9.